The number of pyridine rings is 1. The van der Waals surface area contributed by atoms with Gasteiger partial charge in [-0.1, -0.05) is 18.2 Å². The number of halogens is 1. The minimum atomic E-state index is -0.579. The highest BCUT2D eigenvalue weighted by Gasteiger charge is 2.41. The molecular weight excluding hydrogens is 365 g/mol. The lowest BCUT2D eigenvalue weighted by Crippen LogP contribution is -2.47. The van der Waals surface area contributed by atoms with E-state index in [1.807, 2.05) is 0 Å². The van der Waals surface area contributed by atoms with Crippen LogP contribution in [-0.4, -0.2) is 53.8 Å². The number of aromatic nitrogens is 1. The Morgan fingerprint density at radius 2 is 1.68 bits per heavy atom. The summed E-state index contributed by atoms with van der Waals surface area (Å²) in [6.07, 6.45) is 1.21. The molecule has 28 heavy (non-hydrogen) atoms. The standard InChI is InChI=1S/C20H20FN3O4/c21-14-4-1-2-5-15(14)23-18(25)16-6-3-7-17(22-16)19(26)24-10-8-20(9-11-24)27-12-13-28-20/h1-7H,8-13H2,(H,23,25). The van der Waals surface area contributed by atoms with Crippen molar-refractivity contribution in [3.05, 3.63) is 59.7 Å². The van der Waals surface area contributed by atoms with Crippen molar-refractivity contribution in [1.29, 1.82) is 0 Å². The van der Waals surface area contributed by atoms with Crippen LogP contribution in [0.15, 0.2) is 42.5 Å². The Balaban J connectivity index is 1.44. The topological polar surface area (TPSA) is 80.8 Å². The molecule has 1 spiro atoms. The van der Waals surface area contributed by atoms with E-state index in [-0.39, 0.29) is 23.0 Å². The normalized spacial score (nSPS) is 18.2. The molecule has 4 rings (SSSR count). The van der Waals surface area contributed by atoms with Crippen LogP contribution in [-0.2, 0) is 9.47 Å². The lowest BCUT2D eigenvalue weighted by atomic mass is 10.0. The molecule has 2 amide bonds. The highest BCUT2D eigenvalue weighted by atomic mass is 19.1. The molecule has 2 aliphatic heterocycles. The highest BCUT2D eigenvalue weighted by molar-refractivity contribution is 6.03. The molecule has 2 saturated heterocycles. The van der Waals surface area contributed by atoms with Crippen molar-refractivity contribution in [3.8, 4) is 0 Å². The molecule has 0 unspecified atom stereocenters. The van der Waals surface area contributed by atoms with Crippen LogP contribution in [0.4, 0.5) is 10.1 Å². The van der Waals surface area contributed by atoms with Crippen molar-refractivity contribution in [2.75, 3.05) is 31.6 Å². The summed E-state index contributed by atoms with van der Waals surface area (Å²) < 4.78 is 25.1. The average molecular weight is 385 g/mol. The zero-order chi connectivity index (χ0) is 19.6. The van der Waals surface area contributed by atoms with Gasteiger partial charge in [-0.2, -0.15) is 0 Å². The third-order valence-corrected chi connectivity index (χ3v) is 4.95. The molecule has 0 bridgehead atoms. The largest absolute Gasteiger partial charge is 0.347 e. The second-order valence-electron chi connectivity index (χ2n) is 6.74. The first-order valence-corrected chi connectivity index (χ1v) is 9.16. The summed E-state index contributed by atoms with van der Waals surface area (Å²) in [7, 11) is 0. The SMILES string of the molecule is O=C(Nc1ccccc1F)c1cccc(C(=O)N2CCC3(CC2)OCCO3)n1. The number of rotatable bonds is 3. The number of likely N-dealkylation sites (tertiary alicyclic amines) is 1. The summed E-state index contributed by atoms with van der Waals surface area (Å²) in [4.78, 5) is 31.0. The Hall–Kier alpha value is -2.84. The lowest BCUT2D eigenvalue weighted by molar-refractivity contribution is -0.181. The number of benzene rings is 1. The van der Waals surface area contributed by atoms with Crippen LogP contribution in [0.3, 0.4) is 0 Å². The maximum Gasteiger partial charge on any atom is 0.274 e. The molecule has 0 atom stereocenters. The second kappa shape index (κ2) is 7.65. The van der Waals surface area contributed by atoms with Crippen LogP contribution in [0.5, 0.6) is 0 Å². The maximum atomic E-state index is 13.7. The van der Waals surface area contributed by atoms with E-state index in [2.05, 4.69) is 10.3 Å². The first kappa shape index (κ1) is 18.5. The molecule has 7 nitrogen and oxygen atoms in total. The van der Waals surface area contributed by atoms with Crippen molar-refractivity contribution in [3.63, 3.8) is 0 Å². The van der Waals surface area contributed by atoms with Gasteiger partial charge in [0, 0.05) is 25.9 Å². The van der Waals surface area contributed by atoms with Gasteiger partial charge in [0.2, 0.25) is 0 Å². The quantitative estimate of drug-likeness (QED) is 0.878. The number of nitrogens with one attached hydrogen (secondary N) is 1. The molecule has 0 radical (unpaired) electrons. The van der Waals surface area contributed by atoms with Gasteiger partial charge in [0.25, 0.3) is 11.8 Å². The molecule has 2 aliphatic rings. The summed E-state index contributed by atoms with van der Waals surface area (Å²) in [6, 6.07) is 10.5. The van der Waals surface area contributed by atoms with Crippen molar-refractivity contribution in [1.82, 2.24) is 9.88 Å². The van der Waals surface area contributed by atoms with Crippen LogP contribution >= 0.6 is 0 Å². The Labute approximate surface area is 161 Å². The molecule has 146 valence electrons. The van der Waals surface area contributed by atoms with Gasteiger partial charge in [-0.25, -0.2) is 9.37 Å². The van der Waals surface area contributed by atoms with Gasteiger partial charge in [0.1, 0.15) is 17.2 Å². The van der Waals surface area contributed by atoms with Crippen LogP contribution in [0.25, 0.3) is 0 Å². The minimum Gasteiger partial charge on any atom is -0.347 e. The van der Waals surface area contributed by atoms with E-state index >= 15 is 0 Å². The molecular formula is C20H20FN3O4. The number of hydrogen-bond donors (Lipinski definition) is 1. The van der Waals surface area contributed by atoms with Crippen molar-refractivity contribution in [2.45, 2.75) is 18.6 Å². The van der Waals surface area contributed by atoms with Gasteiger partial charge in [-0.05, 0) is 24.3 Å². The van der Waals surface area contributed by atoms with Gasteiger partial charge >= 0.3 is 0 Å². The Kier molecular flexibility index (Phi) is 5.06. The van der Waals surface area contributed by atoms with E-state index < -0.39 is 17.5 Å². The maximum absolute atomic E-state index is 13.7. The zero-order valence-corrected chi connectivity index (χ0v) is 15.2. The number of anilines is 1. The summed E-state index contributed by atoms with van der Waals surface area (Å²) >= 11 is 0. The van der Waals surface area contributed by atoms with E-state index in [4.69, 9.17) is 9.47 Å². The summed E-state index contributed by atoms with van der Waals surface area (Å²) in [5.74, 6) is -1.94. The lowest BCUT2D eigenvalue weighted by Gasteiger charge is -2.37. The summed E-state index contributed by atoms with van der Waals surface area (Å²) in [6.45, 7) is 2.14. The third-order valence-electron chi connectivity index (χ3n) is 4.95. The molecule has 1 aromatic carbocycles. The van der Waals surface area contributed by atoms with Crippen molar-refractivity contribution in [2.24, 2.45) is 0 Å². The van der Waals surface area contributed by atoms with Gasteiger partial charge in [0.05, 0.1) is 18.9 Å². The molecule has 0 saturated carbocycles. The number of carbonyl (C=O) groups excluding carboxylic acids is 2. The first-order chi connectivity index (χ1) is 13.6. The number of piperidine rings is 1. The molecule has 3 heterocycles. The van der Waals surface area contributed by atoms with E-state index in [1.54, 1.807) is 23.1 Å². The fourth-order valence-electron chi connectivity index (χ4n) is 3.43. The van der Waals surface area contributed by atoms with Crippen LogP contribution in [0.2, 0.25) is 0 Å². The molecule has 2 aromatic rings. The summed E-state index contributed by atoms with van der Waals surface area (Å²) in [5, 5.41) is 2.47. The van der Waals surface area contributed by atoms with E-state index in [0.29, 0.717) is 39.1 Å². The van der Waals surface area contributed by atoms with Gasteiger partial charge < -0.3 is 19.7 Å². The fourth-order valence-corrected chi connectivity index (χ4v) is 3.43. The highest BCUT2D eigenvalue weighted by Crippen LogP contribution is 2.31. The zero-order valence-electron chi connectivity index (χ0n) is 15.2. The van der Waals surface area contributed by atoms with E-state index in [9.17, 15) is 14.0 Å². The van der Waals surface area contributed by atoms with Crippen LogP contribution in [0, 0.1) is 5.82 Å². The first-order valence-electron chi connectivity index (χ1n) is 9.16. The second-order valence-corrected chi connectivity index (χ2v) is 6.74. The number of carbonyl (C=O) groups is 2. The Morgan fingerprint density at radius 1 is 1.00 bits per heavy atom. The molecule has 8 heteroatoms. The van der Waals surface area contributed by atoms with E-state index in [1.165, 1.54) is 24.3 Å². The predicted octanol–water partition coefficient (Wildman–Crippen LogP) is 2.45. The minimum absolute atomic E-state index is 0.0463. The van der Waals surface area contributed by atoms with Gasteiger partial charge in [-0.15, -0.1) is 0 Å². The van der Waals surface area contributed by atoms with Crippen LogP contribution in [0.1, 0.15) is 33.8 Å². The number of ether oxygens (including phenoxy) is 2. The van der Waals surface area contributed by atoms with Crippen LogP contribution < -0.4 is 5.32 Å². The van der Waals surface area contributed by atoms with E-state index in [0.717, 1.165) is 0 Å². The Morgan fingerprint density at radius 3 is 2.39 bits per heavy atom. The molecule has 1 N–H and O–H groups in total. The number of nitrogens with zero attached hydrogens (tertiary/aromatic N) is 2. The van der Waals surface area contributed by atoms with Gasteiger partial charge in [0.15, 0.2) is 5.79 Å². The summed E-state index contributed by atoms with van der Waals surface area (Å²) in [5.41, 5.74) is 0.277. The number of hydrogen-bond acceptors (Lipinski definition) is 5. The number of para-hydroxylation sites is 1. The van der Waals surface area contributed by atoms with Gasteiger partial charge in [-0.3, -0.25) is 9.59 Å². The molecule has 2 fully saturated rings. The fraction of sp³-hybridized carbons (Fsp3) is 0.350. The third kappa shape index (κ3) is 3.74. The van der Waals surface area contributed by atoms with Crippen molar-refractivity contribution < 1.29 is 23.5 Å². The predicted molar refractivity (Wildman–Crippen MR) is 98.4 cm³/mol. The van der Waals surface area contributed by atoms with Crippen molar-refractivity contribution >= 4 is 17.5 Å². The Bertz CT molecular complexity index is 889. The monoisotopic (exact) mass is 385 g/mol. The smallest absolute Gasteiger partial charge is 0.274 e. The molecule has 0 aliphatic carbocycles. The number of amides is 2. The average Bonchev–Trinajstić information content (AvgIpc) is 3.18. The molecule has 1 aromatic heterocycles.